The van der Waals surface area contributed by atoms with E-state index in [-0.39, 0.29) is 17.8 Å². The number of thiophene rings is 1. The number of carbonyl (C=O) groups excluding carboxylic acids is 1. The standard InChI is InChI=1S/C20H16FN3OS/c21-13-7-8-14-15(11-13)23-19(22-14)16-5-3-9-24(16)20(25)18-10-12-4-1-2-6-17(12)26-18/h1-2,4,6-8,10-11,16H,3,5,9H2,(H,22,23). The van der Waals surface area contributed by atoms with Gasteiger partial charge in [0.15, 0.2) is 0 Å². The van der Waals surface area contributed by atoms with Crippen LogP contribution in [0, 0.1) is 5.82 Å². The second-order valence-corrected chi connectivity index (χ2v) is 7.67. The second kappa shape index (κ2) is 5.92. The Morgan fingerprint density at radius 1 is 1.23 bits per heavy atom. The highest BCUT2D eigenvalue weighted by Gasteiger charge is 2.33. The molecule has 5 rings (SSSR count). The molecule has 1 aliphatic heterocycles. The van der Waals surface area contributed by atoms with Gasteiger partial charge in [-0.2, -0.15) is 0 Å². The molecule has 2 aromatic carbocycles. The maximum Gasteiger partial charge on any atom is 0.264 e. The van der Waals surface area contributed by atoms with Crippen LogP contribution in [-0.4, -0.2) is 27.3 Å². The van der Waals surface area contributed by atoms with Crippen molar-refractivity contribution >= 4 is 38.4 Å². The monoisotopic (exact) mass is 365 g/mol. The van der Waals surface area contributed by atoms with Crippen molar-refractivity contribution in [3.63, 3.8) is 0 Å². The van der Waals surface area contributed by atoms with E-state index >= 15 is 0 Å². The number of aromatic nitrogens is 2. The lowest BCUT2D eigenvalue weighted by Crippen LogP contribution is -2.30. The number of rotatable bonds is 2. The molecule has 0 aliphatic carbocycles. The minimum atomic E-state index is -0.294. The Morgan fingerprint density at radius 2 is 2.12 bits per heavy atom. The van der Waals surface area contributed by atoms with Crippen LogP contribution >= 0.6 is 11.3 Å². The predicted molar refractivity (Wildman–Crippen MR) is 101 cm³/mol. The molecule has 4 nitrogen and oxygen atoms in total. The van der Waals surface area contributed by atoms with Crippen LogP contribution < -0.4 is 0 Å². The van der Waals surface area contributed by atoms with Gasteiger partial charge in [0.05, 0.1) is 22.0 Å². The highest BCUT2D eigenvalue weighted by molar-refractivity contribution is 7.20. The average Bonchev–Trinajstić information content (AvgIpc) is 3.36. The summed E-state index contributed by atoms with van der Waals surface area (Å²) in [6.07, 6.45) is 1.80. The Labute approximate surface area is 153 Å². The minimum Gasteiger partial charge on any atom is -0.340 e. The summed E-state index contributed by atoms with van der Waals surface area (Å²) in [5.41, 5.74) is 1.39. The van der Waals surface area contributed by atoms with E-state index in [0.717, 1.165) is 39.1 Å². The third-order valence-corrected chi connectivity index (χ3v) is 6.03. The van der Waals surface area contributed by atoms with Gasteiger partial charge in [0.25, 0.3) is 5.91 Å². The van der Waals surface area contributed by atoms with Crippen LogP contribution in [0.3, 0.4) is 0 Å². The van der Waals surface area contributed by atoms with Gasteiger partial charge in [-0.05, 0) is 48.6 Å². The molecule has 1 amide bonds. The van der Waals surface area contributed by atoms with E-state index in [9.17, 15) is 9.18 Å². The number of nitrogens with one attached hydrogen (secondary N) is 1. The van der Waals surface area contributed by atoms with Crippen LogP contribution in [0.15, 0.2) is 48.5 Å². The summed E-state index contributed by atoms with van der Waals surface area (Å²) in [6, 6.07) is 14.4. The molecule has 0 radical (unpaired) electrons. The fourth-order valence-corrected chi connectivity index (χ4v) is 4.70. The third-order valence-electron chi connectivity index (χ3n) is 4.93. The highest BCUT2D eigenvalue weighted by Crippen LogP contribution is 2.35. The summed E-state index contributed by atoms with van der Waals surface area (Å²) in [5, 5.41) is 1.09. The van der Waals surface area contributed by atoms with E-state index in [4.69, 9.17) is 0 Å². The van der Waals surface area contributed by atoms with Crippen molar-refractivity contribution in [3.05, 3.63) is 65.0 Å². The lowest BCUT2D eigenvalue weighted by atomic mass is 10.2. The third kappa shape index (κ3) is 2.49. The molecule has 1 N–H and O–H groups in total. The molecule has 6 heteroatoms. The molecule has 1 aliphatic rings. The molecule has 1 atom stereocenters. The number of aromatic amines is 1. The SMILES string of the molecule is O=C(c1cc2ccccc2s1)N1CCCC1c1nc2ccc(F)cc2[nH]1. The van der Waals surface area contributed by atoms with Gasteiger partial charge in [0.2, 0.25) is 0 Å². The first kappa shape index (κ1) is 15.5. The number of amides is 1. The highest BCUT2D eigenvalue weighted by atomic mass is 32.1. The van der Waals surface area contributed by atoms with E-state index in [0.29, 0.717) is 12.1 Å². The number of halogens is 1. The number of hydrogen-bond donors (Lipinski definition) is 1. The number of hydrogen-bond acceptors (Lipinski definition) is 3. The number of carbonyl (C=O) groups is 1. The zero-order chi connectivity index (χ0) is 17.7. The van der Waals surface area contributed by atoms with Gasteiger partial charge in [-0.1, -0.05) is 18.2 Å². The molecule has 3 heterocycles. The normalized spacial score (nSPS) is 17.4. The molecule has 1 fully saturated rings. The molecule has 2 aromatic heterocycles. The molecule has 1 saturated heterocycles. The average molecular weight is 365 g/mol. The Balaban J connectivity index is 1.50. The summed E-state index contributed by atoms with van der Waals surface area (Å²) < 4.78 is 14.6. The first-order chi connectivity index (χ1) is 12.7. The number of benzene rings is 2. The first-order valence-corrected chi connectivity index (χ1v) is 9.45. The molecule has 130 valence electrons. The number of H-pyrrole nitrogens is 1. The van der Waals surface area contributed by atoms with Crippen LogP contribution in [-0.2, 0) is 0 Å². The number of likely N-dealkylation sites (tertiary alicyclic amines) is 1. The van der Waals surface area contributed by atoms with Gasteiger partial charge < -0.3 is 9.88 Å². The van der Waals surface area contributed by atoms with Crippen molar-refractivity contribution < 1.29 is 9.18 Å². The van der Waals surface area contributed by atoms with Crippen LogP contribution in [0.2, 0.25) is 0 Å². The number of fused-ring (bicyclic) bond motifs is 2. The molecular weight excluding hydrogens is 349 g/mol. The van der Waals surface area contributed by atoms with Gasteiger partial charge in [-0.3, -0.25) is 4.79 Å². The van der Waals surface area contributed by atoms with Gasteiger partial charge in [0.1, 0.15) is 11.6 Å². The fourth-order valence-electron chi connectivity index (χ4n) is 3.68. The quantitative estimate of drug-likeness (QED) is 0.550. The van der Waals surface area contributed by atoms with Crippen molar-refractivity contribution in [2.75, 3.05) is 6.54 Å². The van der Waals surface area contributed by atoms with E-state index in [2.05, 4.69) is 9.97 Å². The topological polar surface area (TPSA) is 49.0 Å². The van der Waals surface area contributed by atoms with Crippen molar-refractivity contribution in [1.29, 1.82) is 0 Å². The predicted octanol–water partition coefficient (Wildman–Crippen LogP) is 4.89. The Hall–Kier alpha value is -2.73. The number of nitrogens with zero attached hydrogens (tertiary/aromatic N) is 2. The van der Waals surface area contributed by atoms with Crippen molar-refractivity contribution in [1.82, 2.24) is 14.9 Å². The summed E-state index contributed by atoms with van der Waals surface area (Å²) in [4.78, 5) is 23.5. The van der Waals surface area contributed by atoms with Gasteiger partial charge in [-0.15, -0.1) is 11.3 Å². The maximum absolute atomic E-state index is 13.4. The molecule has 26 heavy (non-hydrogen) atoms. The van der Waals surface area contributed by atoms with E-state index in [1.807, 2.05) is 35.2 Å². The zero-order valence-corrected chi connectivity index (χ0v) is 14.7. The van der Waals surface area contributed by atoms with Crippen LogP contribution in [0.25, 0.3) is 21.1 Å². The van der Waals surface area contributed by atoms with Crippen LogP contribution in [0.5, 0.6) is 0 Å². The second-order valence-electron chi connectivity index (χ2n) is 6.59. The maximum atomic E-state index is 13.4. The van der Waals surface area contributed by atoms with Crippen molar-refractivity contribution in [2.24, 2.45) is 0 Å². The zero-order valence-electron chi connectivity index (χ0n) is 13.9. The van der Waals surface area contributed by atoms with Gasteiger partial charge in [0, 0.05) is 11.2 Å². The molecular formula is C20H16FN3OS. The van der Waals surface area contributed by atoms with Gasteiger partial charge >= 0.3 is 0 Å². The lowest BCUT2D eigenvalue weighted by Gasteiger charge is -2.22. The number of imidazole rings is 1. The van der Waals surface area contributed by atoms with Crippen LogP contribution in [0.4, 0.5) is 4.39 Å². The lowest BCUT2D eigenvalue weighted by molar-refractivity contribution is 0.0735. The Kier molecular flexibility index (Phi) is 3.53. The first-order valence-electron chi connectivity index (χ1n) is 8.64. The molecule has 0 bridgehead atoms. The summed E-state index contributed by atoms with van der Waals surface area (Å²) in [5.74, 6) is 0.482. The molecule has 0 saturated carbocycles. The van der Waals surface area contributed by atoms with Crippen molar-refractivity contribution in [3.8, 4) is 0 Å². The van der Waals surface area contributed by atoms with Crippen molar-refractivity contribution in [2.45, 2.75) is 18.9 Å². The van der Waals surface area contributed by atoms with Crippen LogP contribution in [0.1, 0.15) is 34.4 Å². The summed E-state index contributed by atoms with van der Waals surface area (Å²) >= 11 is 1.53. The summed E-state index contributed by atoms with van der Waals surface area (Å²) in [6.45, 7) is 0.711. The van der Waals surface area contributed by atoms with E-state index < -0.39 is 0 Å². The molecule has 4 aromatic rings. The van der Waals surface area contributed by atoms with E-state index in [1.54, 1.807) is 6.07 Å². The minimum absolute atomic E-state index is 0.0420. The smallest absolute Gasteiger partial charge is 0.264 e. The Morgan fingerprint density at radius 3 is 3.00 bits per heavy atom. The van der Waals surface area contributed by atoms with E-state index in [1.165, 1.54) is 23.5 Å². The Bertz CT molecular complexity index is 1100. The van der Waals surface area contributed by atoms with Gasteiger partial charge in [-0.25, -0.2) is 9.37 Å². The largest absolute Gasteiger partial charge is 0.340 e. The summed E-state index contributed by atoms with van der Waals surface area (Å²) in [7, 11) is 0. The molecule has 0 spiro atoms. The molecule has 1 unspecified atom stereocenters. The fraction of sp³-hybridized carbons (Fsp3) is 0.200.